The van der Waals surface area contributed by atoms with Crippen LogP contribution in [0.5, 0.6) is 0 Å². The van der Waals surface area contributed by atoms with Gasteiger partial charge in [0.1, 0.15) is 0 Å². The maximum Gasteiger partial charge on any atom is 0.0453 e. The van der Waals surface area contributed by atoms with Gasteiger partial charge in [0, 0.05) is 15.6 Å². The SMILES string of the molecule is CC1CC(C)CC(N)(Cc2c(Cl)cccc2Cl)C1. The molecule has 1 aliphatic rings. The Morgan fingerprint density at radius 3 is 2.17 bits per heavy atom. The third kappa shape index (κ3) is 3.20. The summed E-state index contributed by atoms with van der Waals surface area (Å²) in [5.41, 5.74) is 7.44. The summed E-state index contributed by atoms with van der Waals surface area (Å²) >= 11 is 12.5. The van der Waals surface area contributed by atoms with E-state index in [0.717, 1.165) is 34.9 Å². The lowest BCUT2D eigenvalue weighted by atomic mass is 9.70. The van der Waals surface area contributed by atoms with Crippen molar-refractivity contribution in [3.05, 3.63) is 33.8 Å². The van der Waals surface area contributed by atoms with E-state index in [1.165, 1.54) is 6.42 Å². The highest BCUT2D eigenvalue weighted by Crippen LogP contribution is 2.38. The first kappa shape index (κ1) is 14.2. The zero-order valence-electron chi connectivity index (χ0n) is 11.0. The molecule has 0 radical (unpaired) electrons. The average molecular weight is 286 g/mol. The van der Waals surface area contributed by atoms with Crippen LogP contribution in [0.15, 0.2) is 18.2 Å². The predicted molar refractivity (Wildman–Crippen MR) is 79.3 cm³/mol. The van der Waals surface area contributed by atoms with Crippen molar-refractivity contribution >= 4 is 23.2 Å². The van der Waals surface area contributed by atoms with Crippen molar-refractivity contribution < 1.29 is 0 Å². The second kappa shape index (κ2) is 5.40. The fourth-order valence-corrected chi connectivity index (χ4v) is 4.05. The van der Waals surface area contributed by atoms with Gasteiger partial charge < -0.3 is 5.73 Å². The molecule has 0 bridgehead atoms. The lowest BCUT2D eigenvalue weighted by molar-refractivity contribution is 0.182. The third-order valence-corrected chi connectivity index (χ3v) is 4.61. The van der Waals surface area contributed by atoms with Gasteiger partial charge in [-0.3, -0.25) is 0 Å². The van der Waals surface area contributed by atoms with Crippen LogP contribution >= 0.6 is 23.2 Å². The summed E-state index contributed by atoms with van der Waals surface area (Å²) in [4.78, 5) is 0. The molecule has 0 aliphatic heterocycles. The Labute approximate surface area is 120 Å². The first-order chi connectivity index (χ1) is 8.39. The molecule has 1 nitrogen and oxygen atoms in total. The molecule has 0 saturated heterocycles. The molecule has 1 aromatic carbocycles. The number of benzene rings is 1. The summed E-state index contributed by atoms with van der Waals surface area (Å²) in [6.45, 7) is 4.57. The monoisotopic (exact) mass is 285 g/mol. The van der Waals surface area contributed by atoms with Crippen LogP contribution in [0.25, 0.3) is 0 Å². The minimum atomic E-state index is -0.161. The molecule has 1 fully saturated rings. The van der Waals surface area contributed by atoms with E-state index in [4.69, 9.17) is 28.9 Å². The smallest absolute Gasteiger partial charge is 0.0453 e. The average Bonchev–Trinajstić information content (AvgIpc) is 2.21. The quantitative estimate of drug-likeness (QED) is 0.838. The van der Waals surface area contributed by atoms with E-state index < -0.39 is 0 Å². The van der Waals surface area contributed by atoms with Crippen molar-refractivity contribution in [2.45, 2.75) is 45.1 Å². The van der Waals surface area contributed by atoms with Crippen molar-refractivity contribution in [3.63, 3.8) is 0 Å². The zero-order valence-corrected chi connectivity index (χ0v) is 12.6. The van der Waals surface area contributed by atoms with E-state index in [-0.39, 0.29) is 5.54 Å². The Morgan fingerprint density at radius 2 is 1.67 bits per heavy atom. The van der Waals surface area contributed by atoms with Crippen molar-refractivity contribution in [1.29, 1.82) is 0 Å². The maximum absolute atomic E-state index is 6.59. The van der Waals surface area contributed by atoms with Crippen molar-refractivity contribution in [2.75, 3.05) is 0 Å². The van der Waals surface area contributed by atoms with Crippen LogP contribution < -0.4 is 5.73 Å². The van der Waals surface area contributed by atoms with Crippen LogP contribution in [0.2, 0.25) is 10.0 Å². The lowest BCUT2D eigenvalue weighted by Gasteiger charge is -2.40. The molecule has 0 amide bonds. The van der Waals surface area contributed by atoms with Crippen LogP contribution in [0.4, 0.5) is 0 Å². The molecular weight excluding hydrogens is 265 g/mol. The van der Waals surface area contributed by atoms with E-state index in [0.29, 0.717) is 11.8 Å². The summed E-state index contributed by atoms with van der Waals surface area (Å²) in [6.07, 6.45) is 4.16. The molecule has 0 heterocycles. The second-order valence-electron chi connectivity index (χ2n) is 6.09. The van der Waals surface area contributed by atoms with E-state index in [1.807, 2.05) is 18.2 Å². The molecule has 1 aliphatic carbocycles. The van der Waals surface area contributed by atoms with Crippen LogP contribution in [0, 0.1) is 11.8 Å². The van der Waals surface area contributed by atoms with Gasteiger partial charge in [0.25, 0.3) is 0 Å². The van der Waals surface area contributed by atoms with E-state index in [9.17, 15) is 0 Å². The summed E-state index contributed by atoms with van der Waals surface area (Å²) in [6, 6.07) is 5.66. The number of rotatable bonds is 2. The van der Waals surface area contributed by atoms with Crippen LogP contribution in [0.1, 0.15) is 38.7 Å². The number of hydrogen-bond donors (Lipinski definition) is 1. The molecule has 100 valence electrons. The molecule has 3 heteroatoms. The molecule has 2 unspecified atom stereocenters. The van der Waals surface area contributed by atoms with Crippen molar-refractivity contribution in [1.82, 2.24) is 0 Å². The zero-order chi connectivity index (χ0) is 13.3. The van der Waals surface area contributed by atoms with E-state index in [2.05, 4.69) is 13.8 Å². The first-order valence-electron chi connectivity index (χ1n) is 6.61. The Morgan fingerprint density at radius 1 is 1.17 bits per heavy atom. The normalized spacial score (nSPS) is 32.5. The molecule has 2 rings (SSSR count). The van der Waals surface area contributed by atoms with Gasteiger partial charge in [0.15, 0.2) is 0 Å². The molecule has 0 spiro atoms. The molecular formula is C15H21Cl2N. The number of nitrogens with two attached hydrogens (primary N) is 1. The van der Waals surface area contributed by atoms with Gasteiger partial charge >= 0.3 is 0 Å². The van der Waals surface area contributed by atoms with Gasteiger partial charge in [-0.2, -0.15) is 0 Å². The van der Waals surface area contributed by atoms with Gasteiger partial charge in [-0.25, -0.2) is 0 Å². The molecule has 2 N–H and O–H groups in total. The largest absolute Gasteiger partial charge is 0.325 e. The molecule has 1 aromatic rings. The molecule has 1 saturated carbocycles. The van der Waals surface area contributed by atoms with Gasteiger partial charge in [0.05, 0.1) is 0 Å². The predicted octanol–water partition coefficient (Wildman–Crippen LogP) is 4.69. The molecule has 18 heavy (non-hydrogen) atoms. The number of halogens is 2. The van der Waals surface area contributed by atoms with Gasteiger partial charge in [-0.15, -0.1) is 0 Å². The Balaban J connectivity index is 2.22. The van der Waals surface area contributed by atoms with Gasteiger partial charge in [-0.1, -0.05) is 43.1 Å². The molecule has 0 aromatic heterocycles. The van der Waals surface area contributed by atoms with Crippen molar-refractivity contribution in [3.8, 4) is 0 Å². The van der Waals surface area contributed by atoms with Gasteiger partial charge in [-0.05, 0) is 55.2 Å². The fraction of sp³-hybridized carbons (Fsp3) is 0.600. The second-order valence-corrected chi connectivity index (χ2v) is 6.91. The summed E-state index contributed by atoms with van der Waals surface area (Å²) in [7, 11) is 0. The number of hydrogen-bond acceptors (Lipinski definition) is 1. The maximum atomic E-state index is 6.59. The Hall–Kier alpha value is -0.240. The highest BCUT2D eigenvalue weighted by Gasteiger charge is 2.35. The minimum absolute atomic E-state index is 0.161. The van der Waals surface area contributed by atoms with Crippen LogP contribution in [0.3, 0.4) is 0 Å². The summed E-state index contributed by atoms with van der Waals surface area (Å²) in [5, 5.41) is 1.47. The first-order valence-corrected chi connectivity index (χ1v) is 7.37. The highest BCUT2D eigenvalue weighted by molar-refractivity contribution is 6.36. The standard InChI is InChI=1S/C15H21Cl2N/c1-10-6-11(2)8-15(18,7-10)9-12-13(16)4-3-5-14(12)17/h3-5,10-11H,6-9,18H2,1-2H3. The molecule has 2 atom stereocenters. The van der Waals surface area contributed by atoms with Crippen LogP contribution in [-0.4, -0.2) is 5.54 Å². The highest BCUT2D eigenvalue weighted by atomic mass is 35.5. The van der Waals surface area contributed by atoms with E-state index in [1.54, 1.807) is 0 Å². The third-order valence-electron chi connectivity index (χ3n) is 3.91. The summed E-state index contributed by atoms with van der Waals surface area (Å²) < 4.78 is 0. The minimum Gasteiger partial charge on any atom is -0.325 e. The van der Waals surface area contributed by atoms with Gasteiger partial charge in [0.2, 0.25) is 0 Å². The fourth-order valence-electron chi connectivity index (χ4n) is 3.52. The lowest BCUT2D eigenvalue weighted by Crippen LogP contribution is -2.48. The van der Waals surface area contributed by atoms with E-state index >= 15 is 0 Å². The Bertz CT molecular complexity index is 400. The Kier molecular flexibility index (Phi) is 4.25. The summed E-state index contributed by atoms with van der Waals surface area (Å²) in [5.74, 6) is 1.36. The topological polar surface area (TPSA) is 26.0 Å². The van der Waals surface area contributed by atoms with Crippen LogP contribution in [-0.2, 0) is 6.42 Å². The van der Waals surface area contributed by atoms with Crippen molar-refractivity contribution in [2.24, 2.45) is 17.6 Å².